The number of anilines is 4. The summed E-state index contributed by atoms with van der Waals surface area (Å²) in [5.74, 6) is -2.29. The van der Waals surface area contributed by atoms with E-state index in [1.807, 2.05) is 82.3 Å². The summed E-state index contributed by atoms with van der Waals surface area (Å²) in [7, 11) is 0. The van der Waals surface area contributed by atoms with E-state index < -0.39 is 11.9 Å². The van der Waals surface area contributed by atoms with Crippen molar-refractivity contribution in [2.24, 2.45) is 0 Å². The number of hydrogen-bond donors (Lipinski definition) is 4. The van der Waals surface area contributed by atoms with E-state index >= 15 is 0 Å². The summed E-state index contributed by atoms with van der Waals surface area (Å²) in [6.07, 6.45) is 5.07. The molecule has 9 nitrogen and oxygen atoms in total. The molecule has 7 aromatic rings. The fourth-order valence-corrected chi connectivity index (χ4v) is 6.01. The van der Waals surface area contributed by atoms with Crippen LogP contribution in [-0.2, 0) is 0 Å². The van der Waals surface area contributed by atoms with Crippen molar-refractivity contribution in [1.82, 2.24) is 15.0 Å². The Morgan fingerprint density at radius 1 is 0.585 bits per heavy atom. The van der Waals surface area contributed by atoms with Gasteiger partial charge >= 0.3 is 11.9 Å². The van der Waals surface area contributed by atoms with Crippen LogP contribution in [-0.4, -0.2) is 37.1 Å². The molecule has 3 heterocycles. The third-order valence-electron chi connectivity index (χ3n) is 8.56. The molecule has 0 amide bonds. The van der Waals surface area contributed by atoms with Crippen molar-refractivity contribution in [3.8, 4) is 22.5 Å². The van der Waals surface area contributed by atoms with Crippen LogP contribution >= 0.6 is 0 Å². The first-order valence-electron chi connectivity index (χ1n) is 16.7. The van der Waals surface area contributed by atoms with Gasteiger partial charge in [-0.2, -0.15) is 0 Å². The molecule has 53 heavy (non-hydrogen) atoms. The minimum Gasteiger partial charge on any atom is -0.478 e. The molecule has 4 aromatic carbocycles. The number of aromatic nitrogens is 3. The zero-order valence-electron chi connectivity index (χ0n) is 29.5. The predicted molar refractivity (Wildman–Crippen MR) is 207 cm³/mol. The van der Waals surface area contributed by atoms with Crippen LogP contribution in [0.5, 0.6) is 0 Å². The van der Waals surface area contributed by atoms with Gasteiger partial charge in [-0.05, 0) is 99.5 Å². The van der Waals surface area contributed by atoms with E-state index in [1.54, 1.807) is 61.1 Å². The fourth-order valence-electron chi connectivity index (χ4n) is 6.01. The summed E-state index contributed by atoms with van der Waals surface area (Å²) in [6, 6.07) is 30.7. The third-order valence-corrected chi connectivity index (χ3v) is 8.56. The number of nitrogens with zero attached hydrogens (tertiary/aromatic N) is 3. The molecule has 3 aromatic heterocycles. The van der Waals surface area contributed by atoms with Gasteiger partial charge < -0.3 is 20.8 Å². The van der Waals surface area contributed by atoms with Crippen molar-refractivity contribution in [2.75, 3.05) is 10.6 Å². The lowest BCUT2D eigenvalue weighted by Crippen LogP contribution is -2.04. The molecule has 0 aliphatic carbocycles. The van der Waals surface area contributed by atoms with Crippen LogP contribution in [0.2, 0.25) is 0 Å². The van der Waals surface area contributed by atoms with Gasteiger partial charge in [-0.3, -0.25) is 15.0 Å². The quantitative estimate of drug-likeness (QED) is 0.122. The van der Waals surface area contributed by atoms with Crippen molar-refractivity contribution < 1.29 is 24.2 Å². The number of hydrogen-bond acceptors (Lipinski definition) is 7. The highest BCUT2D eigenvalue weighted by Gasteiger charge is 2.15. The Morgan fingerprint density at radius 2 is 1.11 bits per heavy atom. The minimum absolute atomic E-state index is 0.191. The first-order valence-corrected chi connectivity index (χ1v) is 16.7. The van der Waals surface area contributed by atoms with Gasteiger partial charge in [0.25, 0.3) is 0 Å². The Kier molecular flexibility index (Phi) is 10.5. The lowest BCUT2D eigenvalue weighted by molar-refractivity contribution is 0.0687. The number of carboxylic acid groups (broad SMARTS) is 2. The van der Waals surface area contributed by atoms with E-state index in [-0.39, 0.29) is 16.9 Å². The first-order chi connectivity index (χ1) is 25.5. The number of aryl methyl sites for hydroxylation is 4. The second kappa shape index (κ2) is 15.5. The molecule has 0 radical (unpaired) electrons. The van der Waals surface area contributed by atoms with Crippen LogP contribution in [0.25, 0.3) is 33.4 Å². The van der Waals surface area contributed by atoms with Crippen molar-refractivity contribution in [2.45, 2.75) is 27.7 Å². The maximum absolute atomic E-state index is 14.0. The van der Waals surface area contributed by atoms with Gasteiger partial charge in [0.2, 0.25) is 0 Å². The molecule has 0 aliphatic heterocycles. The highest BCUT2D eigenvalue weighted by atomic mass is 19.1. The summed E-state index contributed by atoms with van der Waals surface area (Å²) in [6.45, 7) is 7.55. The molecule has 4 N–H and O–H groups in total. The second-order valence-corrected chi connectivity index (χ2v) is 12.6. The molecule has 0 saturated heterocycles. The molecular formula is C43H36FN5O4. The number of pyridine rings is 3. The Hall–Kier alpha value is -6.94. The molecule has 0 unspecified atom stereocenters. The van der Waals surface area contributed by atoms with Crippen molar-refractivity contribution >= 4 is 45.6 Å². The second-order valence-electron chi connectivity index (χ2n) is 12.6. The van der Waals surface area contributed by atoms with Crippen molar-refractivity contribution in [3.05, 3.63) is 161 Å². The fraction of sp³-hybridized carbons (Fsp3) is 0.0930. The van der Waals surface area contributed by atoms with Crippen LogP contribution in [0.15, 0.2) is 122 Å². The average molecular weight is 706 g/mol. The standard InChI is InChI=1S/C23H19N3O2.C20H17FN2O2/c1-14-8-9-21(19(11-14)23(27)28)26-16-12-15(2)22(25-13-16)18-5-3-7-20-17(18)6-4-10-24-20;1-12-7-8-18(16(9-12)20(24)25)23-14-10-13(2)19(22-11-14)15-5-3-4-6-17(15)21/h3-13,26H,1-2H3,(H,27,28);3-11,23H,1-2H3,(H,24,25). The van der Waals surface area contributed by atoms with E-state index in [0.29, 0.717) is 28.3 Å². The highest BCUT2D eigenvalue weighted by molar-refractivity contribution is 5.97. The maximum atomic E-state index is 14.0. The monoisotopic (exact) mass is 705 g/mol. The summed E-state index contributed by atoms with van der Waals surface area (Å²) < 4.78 is 14.0. The number of carboxylic acids is 2. The summed E-state index contributed by atoms with van der Waals surface area (Å²) in [4.78, 5) is 36.3. The smallest absolute Gasteiger partial charge is 0.337 e. The topological polar surface area (TPSA) is 137 Å². The summed E-state index contributed by atoms with van der Waals surface area (Å²) >= 11 is 0. The lowest BCUT2D eigenvalue weighted by Gasteiger charge is -2.13. The number of rotatable bonds is 8. The van der Waals surface area contributed by atoms with Crippen LogP contribution in [0.1, 0.15) is 43.0 Å². The van der Waals surface area contributed by atoms with Gasteiger partial charge in [0.05, 0.1) is 63.2 Å². The number of benzene rings is 4. The number of aromatic carboxylic acids is 2. The highest BCUT2D eigenvalue weighted by Crippen LogP contribution is 2.31. The predicted octanol–water partition coefficient (Wildman–Crippen LogP) is 10.3. The molecule has 264 valence electrons. The van der Waals surface area contributed by atoms with E-state index in [2.05, 4.69) is 25.6 Å². The molecule has 0 bridgehead atoms. The number of nitrogens with one attached hydrogen (secondary N) is 2. The van der Waals surface area contributed by atoms with E-state index in [0.717, 1.165) is 50.1 Å². The van der Waals surface area contributed by atoms with Gasteiger partial charge in [0.15, 0.2) is 0 Å². The zero-order chi connectivity index (χ0) is 37.6. The van der Waals surface area contributed by atoms with Crippen molar-refractivity contribution in [3.63, 3.8) is 0 Å². The summed E-state index contributed by atoms with van der Waals surface area (Å²) in [5.41, 5.74) is 10.2. The Morgan fingerprint density at radius 3 is 1.64 bits per heavy atom. The molecule has 0 spiro atoms. The molecule has 0 atom stereocenters. The van der Waals surface area contributed by atoms with Gasteiger partial charge in [-0.15, -0.1) is 0 Å². The van der Waals surface area contributed by atoms with Crippen LogP contribution in [0.4, 0.5) is 27.1 Å². The number of halogens is 1. The zero-order valence-corrected chi connectivity index (χ0v) is 29.5. The molecule has 7 rings (SSSR count). The molecule has 0 saturated carbocycles. The van der Waals surface area contributed by atoms with E-state index in [1.165, 1.54) is 6.07 Å². The summed E-state index contributed by atoms with van der Waals surface area (Å²) in [5, 5.41) is 26.1. The molecule has 10 heteroatoms. The Balaban J connectivity index is 0.000000183. The van der Waals surface area contributed by atoms with Crippen LogP contribution in [0, 0.1) is 33.5 Å². The van der Waals surface area contributed by atoms with Gasteiger partial charge in [-0.25, -0.2) is 14.0 Å². The van der Waals surface area contributed by atoms with E-state index in [9.17, 15) is 24.2 Å². The largest absolute Gasteiger partial charge is 0.478 e. The minimum atomic E-state index is -1.00. The average Bonchev–Trinajstić information content (AvgIpc) is 3.14. The van der Waals surface area contributed by atoms with E-state index in [4.69, 9.17) is 0 Å². The Bertz CT molecular complexity index is 2500. The van der Waals surface area contributed by atoms with Crippen LogP contribution < -0.4 is 10.6 Å². The molecule has 0 aliphatic rings. The molecular weight excluding hydrogens is 670 g/mol. The van der Waals surface area contributed by atoms with Crippen molar-refractivity contribution in [1.29, 1.82) is 0 Å². The normalized spacial score (nSPS) is 10.7. The third kappa shape index (κ3) is 8.18. The van der Waals surface area contributed by atoms with Gasteiger partial charge in [-0.1, -0.05) is 53.6 Å². The van der Waals surface area contributed by atoms with Crippen LogP contribution in [0.3, 0.4) is 0 Å². The molecule has 0 fully saturated rings. The first kappa shape index (κ1) is 35.9. The number of fused-ring (bicyclic) bond motifs is 1. The number of carbonyl (C=O) groups is 2. The Labute approximate surface area is 305 Å². The van der Waals surface area contributed by atoms with Gasteiger partial charge in [0, 0.05) is 22.7 Å². The van der Waals surface area contributed by atoms with Gasteiger partial charge in [0.1, 0.15) is 5.82 Å². The lowest BCUT2D eigenvalue weighted by atomic mass is 10.0. The maximum Gasteiger partial charge on any atom is 0.337 e. The SMILES string of the molecule is Cc1ccc(Nc2cnc(-c3cccc4ncccc34)c(C)c2)c(C(=O)O)c1.Cc1ccc(Nc2cnc(-c3ccccc3F)c(C)c2)c(C(=O)O)c1.